The summed E-state index contributed by atoms with van der Waals surface area (Å²) in [7, 11) is 9.53. The Balaban J connectivity index is 0.000000550. The van der Waals surface area contributed by atoms with Gasteiger partial charge in [0, 0.05) is 11.6 Å². The summed E-state index contributed by atoms with van der Waals surface area (Å²) < 4.78 is 0. The van der Waals surface area contributed by atoms with Crippen LogP contribution in [-0.4, -0.2) is 16.3 Å². The van der Waals surface area contributed by atoms with Gasteiger partial charge in [0.1, 0.15) is 0 Å². The van der Waals surface area contributed by atoms with Crippen LogP contribution < -0.4 is 11.2 Å². The second-order valence-corrected chi connectivity index (χ2v) is 5.47. The van der Waals surface area contributed by atoms with Crippen molar-refractivity contribution < 1.29 is 13.1 Å². The fourth-order valence-electron chi connectivity index (χ4n) is 1.40. The topological polar surface area (TPSA) is 63.3 Å². The predicted octanol–water partition coefficient (Wildman–Crippen LogP) is 2.78. The van der Waals surface area contributed by atoms with Gasteiger partial charge in [0.15, 0.2) is 5.11 Å². The average Bonchev–Trinajstić information content (AvgIpc) is 2.39. The van der Waals surface area contributed by atoms with Crippen molar-refractivity contribution in [1.82, 2.24) is 10.4 Å². The molecule has 0 fully saturated rings. The minimum absolute atomic E-state index is 0.136. The van der Waals surface area contributed by atoms with Gasteiger partial charge >= 0.3 is 33.3 Å². The molecule has 8 heteroatoms. The maximum atomic E-state index is 5.26. The number of fused-ring (bicyclic) bond motifs is 1. The molecule has 0 amide bonds. The number of thiocarbonyl (C=S) groups is 1. The van der Waals surface area contributed by atoms with E-state index in [1.165, 1.54) is 0 Å². The van der Waals surface area contributed by atoms with Gasteiger partial charge in [-0.1, -0.05) is 24.3 Å². The normalized spacial score (nSPS) is 10.2. The number of rotatable bonds is 2. The van der Waals surface area contributed by atoms with Crippen molar-refractivity contribution in [2.75, 3.05) is 0 Å². The SMILES string of the molecule is NC(=S)NN=Cc1nccc2ccccc12.[Cl][Fe][Cl]. The van der Waals surface area contributed by atoms with Crippen LogP contribution in [0.3, 0.4) is 0 Å². The van der Waals surface area contributed by atoms with Crippen LogP contribution in [0.15, 0.2) is 41.6 Å². The van der Waals surface area contributed by atoms with E-state index in [1.54, 1.807) is 12.4 Å². The van der Waals surface area contributed by atoms with Crippen LogP contribution in [0.4, 0.5) is 0 Å². The zero-order chi connectivity index (χ0) is 14.1. The van der Waals surface area contributed by atoms with Gasteiger partial charge in [0.2, 0.25) is 0 Å². The first-order valence-corrected chi connectivity index (χ1v) is 8.41. The summed E-state index contributed by atoms with van der Waals surface area (Å²) in [6.07, 6.45) is 3.34. The van der Waals surface area contributed by atoms with Crippen LogP contribution in [0, 0.1) is 0 Å². The van der Waals surface area contributed by atoms with Crippen molar-refractivity contribution in [3.63, 3.8) is 0 Å². The summed E-state index contributed by atoms with van der Waals surface area (Å²) in [4.78, 5) is 4.23. The zero-order valence-corrected chi connectivity index (χ0v) is 13.0. The van der Waals surface area contributed by atoms with Gasteiger partial charge in [-0.2, -0.15) is 5.10 Å². The van der Waals surface area contributed by atoms with Gasteiger partial charge in [-0.25, -0.2) is 0 Å². The number of hydrazone groups is 1. The molecule has 2 aromatic rings. The summed E-state index contributed by atoms with van der Waals surface area (Å²) in [5.41, 5.74) is 8.53. The van der Waals surface area contributed by atoms with Gasteiger partial charge < -0.3 is 5.73 Å². The van der Waals surface area contributed by atoms with E-state index in [-0.39, 0.29) is 18.2 Å². The molecule has 3 N–H and O–H groups in total. The standard InChI is InChI=1S/C11H10N4S.2ClH.Fe/c12-11(16)15-14-7-10-9-4-2-1-3-8(9)5-6-13-10;;;/h1-7H,(H3,12,15,16);2*1H;/q;;;+2/p-2. The summed E-state index contributed by atoms with van der Waals surface area (Å²) in [6, 6.07) is 9.91. The fraction of sp³-hybridized carbons (Fsp3) is 0. The summed E-state index contributed by atoms with van der Waals surface area (Å²) in [5.74, 6) is 0. The van der Waals surface area contributed by atoms with Crippen LogP contribution in [0.2, 0.25) is 0 Å². The monoisotopic (exact) mass is 356 g/mol. The molecule has 0 aliphatic rings. The molecule has 0 saturated heterocycles. The Morgan fingerprint density at radius 3 is 2.74 bits per heavy atom. The average molecular weight is 357 g/mol. The number of nitrogens with zero attached hydrogens (tertiary/aromatic N) is 2. The van der Waals surface area contributed by atoms with Gasteiger partial charge in [-0.05, 0) is 23.7 Å². The molecule has 0 saturated carbocycles. The number of benzene rings is 1. The number of aromatic nitrogens is 1. The second kappa shape index (κ2) is 9.07. The quantitative estimate of drug-likeness (QED) is 0.376. The fourth-order valence-corrected chi connectivity index (χ4v) is 1.46. The second-order valence-electron chi connectivity index (χ2n) is 3.20. The summed E-state index contributed by atoms with van der Waals surface area (Å²) in [6.45, 7) is 0. The number of nitrogens with two attached hydrogens (primary N) is 1. The third-order valence-electron chi connectivity index (χ3n) is 2.07. The Hall–Kier alpha value is -0.911. The van der Waals surface area contributed by atoms with Crippen molar-refractivity contribution in [1.29, 1.82) is 0 Å². The molecule has 1 aromatic carbocycles. The van der Waals surface area contributed by atoms with Crippen LogP contribution in [0.25, 0.3) is 10.8 Å². The van der Waals surface area contributed by atoms with E-state index in [4.69, 9.17) is 25.9 Å². The molecular weight excluding hydrogens is 347 g/mol. The minimum atomic E-state index is 0.136. The molecule has 0 bridgehead atoms. The van der Waals surface area contributed by atoms with E-state index >= 15 is 0 Å². The van der Waals surface area contributed by atoms with Gasteiger partial charge in [0.25, 0.3) is 0 Å². The third kappa shape index (κ3) is 5.72. The number of nitrogens with one attached hydrogen (secondary N) is 1. The number of hydrogen-bond acceptors (Lipinski definition) is 3. The molecule has 2 rings (SSSR count). The molecule has 0 aliphatic heterocycles. The Labute approximate surface area is 131 Å². The van der Waals surface area contributed by atoms with Crippen molar-refractivity contribution in [3.05, 3.63) is 42.2 Å². The molecule has 102 valence electrons. The van der Waals surface area contributed by atoms with E-state index in [0.717, 1.165) is 16.5 Å². The Kier molecular flexibility index (Phi) is 7.70. The molecule has 0 atom stereocenters. The van der Waals surface area contributed by atoms with Crippen LogP contribution in [0.5, 0.6) is 0 Å². The number of hydrogen-bond donors (Lipinski definition) is 2. The molecule has 1 aromatic heterocycles. The Morgan fingerprint density at radius 1 is 1.37 bits per heavy atom. The molecule has 0 radical (unpaired) electrons. The van der Waals surface area contributed by atoms with Gasteiger partial charge in [0.05, 0.1) is 11.9 Å². The molecular formula is C11H10Cl2FeN4S. The van der Waals surface area contributed by atoms with Crippen molar-refractivity contribution in [3.8, 4) is 0 Å². The predicted molar refractivity (Wildman–Crippen MR) is 81.0 cm³/mol. The van der Waals surface area contributed by atoms with Gasteiger partial charge in [-0.15, -0.1) is 0 Å². The first-order valence-electron chi connectivity index (χ1n) is 4.96. The van der Waals surface area contributed by atoms with E-state index in [1.807, 2.05) is 30.3 Å². The molecule has 0 unspecified atom stereocenters. The van der Waals surface area contributed by atoms with E-state index in [0.29, 0.717) is 0 Å². The third-order valence-corrected chi connectivity index (χ3v) is 2.16. The molecule has 19 heavy (non-hydrogen) atoms. The zero-order valence-electron chi connectivity index (χ0n) is 9.53. The number of halogens is 2. The number of pyridine rings is 1. The van der Waals surface area contributed by atoms with Crippen LogP contribution in [0.1, 0.15) is 5.69 Å². The summed E-state index contributed by atoms with van der Waals surface area (Å²) >= 11 is 4.83. The first kappa shape index (κ1) is 16.1. The van der Waals surface area contributed by atoms with Crippen molar-refractivity contribution >= 4 is 54.5 Å². The van der Waals surface area contributed by atoms with E-state index in [2.05, 4.69) is 27.7 Å². The van der Waals surface area contributed by atoms with Crippen LogP contribution in [-0.2, 0) is 13.1 Å². The summed E-state index contributed by atoms with van der Waals surface area (Å²) in [5, 5.41) is 6.18. The van der Waals surface area contributed by atoms with E-state index < -0.39 is 0 Å². The molecule has 0 aliphatic carbocycles. The maximum absolute atomic E-state index is 5.26. The molecule has 1 heterocycles. The molecule has 0 spiro atoms. The Bertz CT molecular complexity index is 574. The van der Waals surface area contributed by atoms with Gasteiger partial charge in [-0.3, -0.25) is 10.4 Å². The van der Waals surface area contributed by atoms with Crippen molar-refractivity contribution in [2.45, 2.75) is 0 Å². The Morgan fingerprint density at radius 2 is 2.05 bits per heavy atom. The first-order chi connectivity index (χ1) is 9.19. The van der Waals surface area contributed by atoms with Crippen LogP contribution >= 0.6 is 32.4 Å². The van der Waals surface area contributed by atoms with E-state index in [9.17, 15) is 0 Å². The van der Waals surface area contributed by atoms with Crippen molar-refractivity contribution in [2.24, 2.45) is 10.8 Å². The molecule has 4 nitrogen and oxygen atoms in total.